The van der Waals surface area contributed by atoms with Crippen molar-refractivity contribution in [2.75, 3.05) is 0 Å². The SMILES string of the molecule is CCc1cccc(CC)c1-c1cc(Cl)c2c(n1)CCCC2Cl. The van der Waals surface area contributed by atoms with Crippen molar-refractivity contribution >= 4 is 23.2 Å². The molecule has 1 aromatic heterocycles. The molecule has 0 N–H and O–H groups in total. The van der Waals surface area contributed by atoms with Crippen LogP contribution >= 0.6 is 23.2 Å². The number of aromatic nitrogens is 1. The molecule has 1 unspecified atom stereocenters. The van der Waals surface area contributed by atoms with E-state index < -0.39 is 0 Å². The second-order valence-corrected chi connectivity index (χ2v) is 6.80. The van der Waals surface area contributed by atoms with Crippen LogP contribution < -0.4 is 0 Å². The molecule has 1 atom stereocenters. The molecule has 22 heavy (non-hydrogen) atoms. The summed E-state index contributed by atoms with van der Waals surface area (Å²) in [6.07, 6.45) is 5.04. The van der Waals surface area contributed by atoms with Crippen molar-refractivity contribution in [1.82, 2.24) is 4.98 Å². The summed E-state index contributed by atoms with van der Waals surface area (Å²) in [5.41, 5.74) is 7.06. The Morgan fingerprint density at radius 1 is 1.18 bits per heavy atom. The standard InChI is InChI=1S/C19H21Cl2N/c1-3-12-7-5-8-13(4-2)18(12)17-11-15(21)19-14(20)9-6-10-16(19)22-17/h5,7-8,11,14H,3-4,6,9-10H2,1-2H3. The number of hydrogen-bond acceptors (Lipinski definition) is 1. The van der Waals surface area contributed by atoms with E-state index in [1.54, 1.807) is 0 Å². The Morgan fingerprint density at radius 3 is 2.50 bits per heavy atom. The van der Waals surface area contributed by atoms with Crippen LogP contribution in [0.5, 0.6) is 0 Å². The highest BCUT2D eigenvalue weighted by Crippen LogP contribution is 2.40. The van der Waals surface area contributed by atoms with Gasteiger partial charge in [0.1, 0.15) is 0 Å². The van der Waals surface area contributed by atoms with Crippen molar-refractivity contribution < 1.29 is 0 Å². The summed E-state index contributed by atoms with van der Waals surface area (Å²) in [5.74, 6) is 0. The normalized spacial score (nSPS) is 17.4. The molecule has 0 spiro atoms. The van der Waals surface area contributed by atoms with Gasteiger partial charge in [0.2, 0.25) is 0 Å². The Balaban J connectivity index is 2.20. The molecule has 3 rings (SSSR count). The van der Waals surface area contributed by atoms with Crippen molar-refractivity contribution in [2.24, 2.45) is 0 Å². The van der Waals surface area contributed by atoms with Crippen LogP contribution in [-0.4, -0.2) is 4.98 Å². The largest absolute Gasteiger partial charge is 0.252 e. The summed E-state index contributed by atoms with van der Waals surface area (Å²) in [6.45, 7) is 4.38. The lowest BCUT2D eigenvalue weighted by atomic mass is 9.91. The van der Waals surface area contributed by atoms with Crippen molar-refractivity contribution in [3.8, 4) is 11.3 Å². The lowest BCUT2D eigenvalue weighted by Crippen LogP contribution is -2.10. The average Bonchev–Trinajstić information content (AvgIpc) is 2.53. The van der Waals surface area contributed by atoms with Gasteiger partial charge in [-0.05, 0) is 49.3 Å². The summed E-state index contributed by atoms with van der Waals surface area (Å²) < 4.78 is 0. The first-order valence-electron chi connectivity index (χ1n) is 8.10. The van der Waals surface area contributed by atoms with Gasteiger partial charge in [0.15, 0.2) is 0 Å². The summed E-state index contributed by atoms with van der Waals surface area (Å²) >= 11 is 13.0. The monoisotopic (exact) mass is 333 g/mol. The molecule has 0 saturated carbocycles. The second kappa shape index (κ2) is 6.60. The third-order valence-electron chi connectivity index (χ3n) is 4.53. The number of nitrogens with zero attached hydrogens (tertiary/aromatic N) is 1. The van der Waals surface area contributed by atoms with Gasteiger partial charge < -0.3 is 0 Å². The highest BCUT2D eigenvalue weighted by atomic mass is 35.5. The number of fused-ring (bicyclic) bond motifs is 1. The molecule has 0 amide bonds. The molecule has 0 fully saturated rings. The molecule has 3 heteroatoms. The van der Waals surface area contributed by atoms with E-state index in [-0.39, 0.29) is 5.38 Å². The number of hydrogen-bond donors (Lipinski definition) is 0. The van der Waals surface area contributed by atoms with Gasteiger partial charge in [-0.25, -0.2) is 0 Å². The maximum absolute atomic E-state index is 6.56. The summed E-state index contributed by atoms with van der Waals surface area (Å²) in [4.78, 5) is 4.94. The van der Waals surface area contributed by atoms with E-state index in [4.69, 9.17) is 28.2 Å². The zero-order valence-corrected chi connectivity index (χ0v) is 14.6. The van der Waals surface area contributed by atoms with Gasteiger partial charge in [0, 0.05) is 21.8 Å². The molecule has 0 aliphatic heterocycles. The van der Waals surface area contributed by atoms with E-state index in [2.05, 4.69) is 32.0 Å². The Kier molecular flexibility index (Phi) is 4.75. The highest BCUT2D eigenvalue weighted by molar-refractivity contribution is 6.33. The van der Waals surface area contributed by atoms with Gasteiger partial charge in [0.25, 0.3) is 0 Å². The average molecular weight is 334 g/mol. The van der Waals surface area contributed by atoms with Crippen LogP contribution in [-0.2, 0) is 19.3 Å². The van der Waals surface area contributed by atoms with Gasteiger partial charge in [-0.1, -0.05) is 43.6 Å². The minimum atomic E-state index is 0.00450. The minimum Gasteiger partial charge on any atom is -0.252 e. The first kappa shape index (κ1) is 15.8. The van der Waals surface area contributed by atoms with Crippen molar-refractivity contribution in [3.05, 3.63) is 51.7 Å². The second-order valence-electron chi connectivity index (χ2n) is 5.87. The number of alkyl halides is 1. The van der Waals surface area contributed by atoms with Crippen LogP contribution in [0.2, 0.25) is 5.02 Å². The topological polar surface area (TPSA) is 12.9 Å². The van der Waals surface area contributed by atoms with Crippen molar-refractivity contribution in [3.63, 3.8) is 0 Å². The van der Waals surface area contributed by atoms with E-state index in [1.165, 1.54) is 16.7 Å². The molecule has 1 heterocycles. The van der Waals surface area contributed by atoms with Crippen LogP contribution in [0.4, 0.5) is 0 Å². The van der Waals surface area contributed by atoms with Gasteiger partial charge in [-0.15, -0.1) is 11.6 Å². The first-order chi connectivity index (χ1) is 10.7. The van der Waals surface area contributed by atoms with Crippen LogP contribution in [0.1, 0.15) is 54.5 Å². The Morgan fingerprint density at radius 2 is 1.86 bits per heavy atom. The third-order valence-corrected chi connectivity index (χ3v) is 5.28. The fourth-order valence-electron chi connectivity index (χ4n) is 3.39. The Labute approximate surface area is 142 Å². The molecule has 0 bridgehead atoms. The van der Waals surface area contributed by atoms with Crippen LogP contribution in [0.3, 0.4) is 0 Å². The summed E-state index contributed by atoms with van der Waals surface area (Å²) in [5, 5.41) is 0.775. The van der Waals surface area contributed by atoms with Crippen LogP contribution in [0, 0.1) is 0 Å². The first-order valence-corrected chi connectivity index (χ1v) is 8.91. The molecule has 1 nitrogen and oxygen atoms in total. The highest BCUT2D eigenvalue weighted by Gasteiger charge is 2.24. The lowest BCUT2D eigenvalue weighted by Gasteiger charge is -2.23. The fraction of sp³-hybridized carbons (Fsp3) is 0.421. The molecule has 1 aromatic carbocycles. The van der Waals surface area contributed by atoms with E-state index in [0.717, 1.165) is 54.1 Å². The fourth-order valence-corrected chi connectivity index (χ4v) is 4.18. The smallest absolute Gasteiger partial charge is 0.0725 e. The lowest BCUT2D eigenvalue weighted by molar-refractivity contribution is 0.652. The van der Waals surface area contributed by atoms with Crippen molar-refractivity contribution in [2.45, 2.75) is 51.3 Å². The number of aryl methyl sites for hydroxylation is 3. The van der Waals surface area contributed by atoms with Gasteiger partial charge in [-0.2, -0.15) is 0 Å². The van der Waals surface area contributed by atoms with Gasteiger partial charge in [-0.3, -0.25) is 4.98 Å². The molecule has 0 saturated heterocycles. The third kappa shape index (κ3) is 2.77. The Bertz CT molecular complexity index is 672. The van der Waals surface area contributed by atoms with Gasteiger partial charge in [0.05, 0.1) is 11.1 Å². The molecule has 2 aromatic rings. The number of halogens is 2. The summed E-state index contributed by atoms with van der Waals surface area (Å²) in [7, 11) is 0. The van der Waals surface area contributed by atoms with Crippen molar-refractivity contribution in [1.29, 1.82) is 0 Å². The summed E-state index contributed by atoms with van der Waals surface area (Å²) in [6, 6.07) is 8.52. The predicted molar refractivity (Wildman–Crippen MR) is 95.0 cm³/mol. The minimum absolute atomic E-state index is 0.00450. The van der Waals surface area contributed by atoms with Gasteiger partial charge >= 0.3 is 0 Å². The van der Waals surface area contributed by atoms with E-state index in [0.29, 0.717) is 0 Å². The molecular formula is C19H21Cl2N. The zero-order valence-electron chi connectivity index (χ0n) is 13.1. The molecule has 0 radical (unpaired) electrons. The maximum atomic E-state index is 6.56. The predicted octanol–water partition coefficient (Wildman–Crippen LogP) is 6.14. The Hall–Kier alpha value is -1.05. The van der Waals surface area contributed by atoms with E-state index in [9.17, 15) is 0 Å². The van der Waals surface area contributed by atoms with Crippen LogP contribution in [0.15, 0.2) is 24.3 Å². The molecule has 1 aliphatic rings. The maximum Gasteiger partial charge on any atom is 0.0725 e. The number of pyridine rings is 1. The molecular weight excluding hydrogens is 313 g/mol. The quantitative estimate of drug-likeness (QED) is 0.614. The van der Waals surface area contributed by atoms with E-state index in [1.807, 2.05) is 6.07 Å². The van der Waals surface area contributed by atoms with Crippen LogP contribution in [0.25, 0.3) is 11.3 Å². The molecule has 116 valence electrons. The van der Waals surface area contributed by atoms with E-state index >= 15 is 0 Å². The molecule has 1 aliphatic carbocycles. The number of benzene rings is 1. The number of rotatable bonds is 3. The zero-order chi connectivity index (χ0) is 15.7.